The Bertz CT molecular complexity index is 3040. The average molecular weight is 652 g/mol. The Hall–Kier alpha value is -6.98. The van der Waals surface area contributed by atoms with Gasteiger partial charge in [0.05, 0.1) is 39.6 Å². The summed E-state index contributed by atoms with van der Waals surface area (Å²) >= 11 is 0. The summed E-state index contributed by atoms with van der Waals surface area (Å²) < 4.78 is 4.60. The van der Waals surface area contributed by atoms with E-state index in [1.54, 1.807) is 0 Å². The quantitative estimate of drug-likeness (QED) is 0.178. The van der Waals surface area contributed by atoms with Crippen LogP contribution in [0.2, 0.25) is 0 Å². The third-order valence-corrected chi connectivity index (χ3v) is 10.3. The normalized spacial score (nSPS) is 12.6. The van der Waals surface area contributed by atoms with Gasteiger partial charge >= 0.3 is 0 Å². The van der Waals surface area contributed by atoms with Crippen molar-refractivity contribution in [1.82, 2.24) is 18.9 Å². The third-order valence-electron chi connectivity index (χ3n) is 10.3. The maximum Gasteiger partial charge on any atom is 0.145 e. The maximum absolute atomic E-state index is 5.11. The number of nitrogens with zero attached hydrogens (tertiary/aromatic N) is 5. The first-order chi connectivity index (χ1) is 25.3. The molecule has 0 saturated heterocycles. The molecule has 0 unspecified atom stereocenters. The first-order valence-corrected chi connectivity index (χ1v) is 17.2. The number of pyridine rings is 2. The average Bonchev–Trinajstić information content (AvgIpc) is 3.74. The van der Waals surface area contributed by atoms with Crippen LogP contribution in [0.15, 0.2) is 164 Å². The number of hydrogen-bond acceptors (Lipinski definition) is 3. The van der Waals surface area contributed by atoms with Gasteiger partial charge in [0.25, 0.3) is 0 Å². The van der Waals surface area contributed by atoms with Gasteiger partial charge in [-0.05, 0) is 65.0 Å². The fraction of sp³-hybridized carbons (Fsp3) is 0. The Morgan fingerprint density at radius 1 is 0.431 bits per heavy atom. The van der Waals surface area contributed by atoms with Crippen molar-refractivity contribution >= 4 is 78.2 Å². The molecule has 1 aliphatic heterocycles. The molecule has 0 amide bonds. The highest BCUT2D eigenvalue weighted by Gasteiger charge is 2.24. The van der Waals surface area contributed by atoms with Crippen LogP contribution >= 0.6 is 0 Å². The van der Waals surface area contributed by atoms with E-state index in [4.69, 9.17) is 9.97 Å². The summed E-state index contributed by atoms with van der Waals surface area (Å²) in [6.07, 6.45) is 8.34. The third kappa shape index (κ3) is 4.09. The van der Waals surface area contributed by atoms with Crippen molar-refractivity contribution in [2.24, 2.45) is 0 Å². The monoisotopic (exact) mass is 651 g/mol. The number of para-hydroxylation sites is 3. The molecule has 0 fully saturated rings. The second-order valence-electron chi connectivity index (χ2n) is 13.1. The van der Waals surface area contributed by atoms with Crippen LogP contribution in [0.5, 0.6) is 0 Å². The van der Waals surface area contributed by atoms with Gasteiger partial charge in [-0.25, -0.2) is 9.97 Å². The van der Waals surface area contributed by atoms with E-state index in [9.17, 15) is 0 Å². The molecule has 0 spiro atoms. The minimum Gasteiger partial charge on any atom is -0.309 e. The van der Waals surface area contributed by atoms with Crippen LogP contribution in [0.4, 0.5) is 17.1 Å². The van der Waals surface area contributed by atoms with Crippen LogP contribution in [0.3, 0.4) is 0 Å². The molecular formula is C46H29N5. The van der Waals surface area contributed by atoms with Gasteiger partial charge in [-0.15, -0.1) is 0 Å². The van der Waals surface area contributed by atoms with Crippen molar-refractivity contribution in [2.75, 3.05) is 4.90 Å². The van der Waals surface area contributed by atoms with Crippen molar-refractivity contribution in [1.29, 1.82) is 0 Å². The minimum absolute atomic E-state index is 0.896. The predicted octanol–water partition coefficient (Wildman–Crippen LogP) is 11.8. The van der Waals surface area contributed by atoms with E-state index in [0.717, 1.165) is 67.5 Å². The lowest BCUT2D eigenvalue weighted by Gasteiger charge is -2.28. The Balaban J connectivity index is 1.17. The van der Waals surface area contributed by atoms with Crippen LogP contribution in [0.1, 0.15) is 11.1 Å². The van der Waals surface area contributed by atoms with Crippen molar-refractivity contribution in [3.63, 3.8) is 0 Å². The van der Waals surface area contributed by atoms with Gasteiger partial charge in [0.15, 0.2) is 0 Å². The number of hydrogen-bond donors (Lipinski definition) is 0. The molecule has 5 heteroatoms. The molecule has 6 aromatic carbocycles. The SMILES string of the molecule is C1=Cc2ccc(-c3ncc4c5ccccc5c5ccccc5n34)cc2N(c2ccc3c4ccccc4n(-c4ccccn4)c3c2)c2ccccc21. The van der Waals surface area contributed by atoms with Crippen molar-refractivity contribution in [3.05, 3.63) is 175 Å². The molecular weight excluding hydrogens is 623 g/mol. The fourth-order valence-corrected chi connectivity index (χ4v) is 8.09. The maximum atomic E-state index is 5.11. The van der Waals surface area contributed by atoms with E-state index in [1.165, 1.54) is 26.9 Å². The molecule has 0 atom stereocenters. The van der Waals surface area contributed by atoms with Crippen molar-refractivity contribution in [3.8, 4) is 17.2 Å². The smallest absolute Gasteiger partial charge is 0.145 e. The number of fused-ring (bicyclic) bond motifs is 11. The van der Waals surface area contributed by atoms with Crippen LogP contribution < -0.4 is 4.90 Å². The fourth-order valence-electron chi connectivity index (χ4n) is 8.09. The zero-order valence-corrected chi connectivity index (χ0v) is 27.5. The minimum atomic E-state index is 0.896. The second kappa shape index (κ2) is 10.8. The first kappa shape index (κ1) is 27.9. The molecule has 10 aromatic rings. The van der Waals surface area contributed by atoms with E-state index in [-0.39, 0.29) is 0 Å². The number of imidazole rings is 1. The van der Waals surface area contributed by atoms with Gasteiger partial charge in [-0.1, -0.05) is 115 Å². The Morgan fingerprint density at radius 2 is 1.10 bits per heavy atom. The Labute approximate surface area is 293 Å². The van der Waals surface area contributed by atoms with Crippen molar-refractivity contribution in [2.45, 2.75) is 0 Å². The molecule has 0 N–H and O–H groups in total. The molecule has 11 rings (SSSR count). The predicted molar refractivity (Wildman–Crippen MR) is 211 cm³/mol. The highest BCUT2D eigenvalue weighted by atomic mass is 15.2. The molecule has 4 aromatic heterocycles. The van der Waals surface area contributed by atoms with E-state index >= 15 is 0 Å². The summed E-state index contributed by atoms with van der Waals surface area (Å²) in [4.78, 5) is 12.3. The zero-order chi connectivity index (χ0) is 33.5. The van der Waals surface area contributed by atoms with Gasteiger partial charge in [-0.2, -0.15) is 0 Å². The van der Waals surface area contributed by atoms with E-state index < -0.39 is 0 Å². The highest BCUT2D eigenvalue weighted by molar-refractivity contribution is 6.13. The van der Waals surface area contributed by atoms with E-state index in [2.05, 4.69) is 166 Å². The van der Waals surface area contributed by atoms with Crippen LogP contribution in [-0.4, -0.2) is 18.9 Å². The molecule has 1 aliphatic rings. The molecule has 5 heterocycles. The molecule has 0 radical (unpaired) electrons. The summed E-state index contributed by atoms with van der Waals surface area (Å²) in [7, 11) is 0. The van der Waals surface area contributed by atoms with E-state index in [0.29, 0.717) is 0 Å². The molecule has 0 saturated carbocycles. The van der Waals surface area contributed by atoms with E-state index in [1.807, 2.05) is 24.5 Å². The number of benzene rings is 6. The Kier molecular flexibility index (Phi) is 5.89. The summed E-state index contributed by atoms with van der Waals surface area (Å²) in [6, 6.07) is 54.1. The van der Waals surface area contributed by atoms with Gasteiger partial charge in [0.2, 0.25) is 0 Å². The highest BCUT2D eigenvalue weighted by Crippen LogP contribution is 2.45. The number of aromatic nitrogens is 4. The van der Waals surface area contributed by atoms with Gasteiger partial charge < -0.3 is 4.90 Å². The summed E-state index contributed by atoms with van der Waals surface area (Å²) in [5, 5.41) is 6.04. The Morgan fingerprint density at radius 3 is 1.92 bits per heavy atom. The van der Waals surface area contributed by atoms with Crippen LogP contribution in [-0.2, 0) is 0 Å². The lowest BCUT2D eigenvalue weighted by atomic mass is 10.0. The molecule has 238 valence electrons. The van der Waals surface area contributed by atoms with Gasteiger partial charge in [-0.3, -0.25) is 8.97 Å². The van der Waals surface area contributed by atoms with Gasteiger partial charge in [0.1, 0.15) is 11.6 Å². The summed E-state index contributed by atoms with van der Waals surface area (Å²) in [5.74, 6) is 1.81. The molecule has 0 aliphatic carbocycles. The zero-order valence-electron chi connectivity index (χ0n) is 27.5. The summed E-state index contributed by atoms with van der Waals surface area (Å²) in [6.45, 7) is 0. The number of rotatable bonds is 3. The van der Waals surface area contributed by atoms with Gasteiger partial charge in [0, 0.05) is 39.0 Å². The van der Waals surface area contributed by atoms with Crippen LogP contribution in [0, 0.1) is 0 Å². The topological polar surface area (TPSA) is 38.4 Å². The molecule has 0 bridgehead atoms. The summed E-state index contributed by atoms with van der Waals surface area (Å²) in [5.41, 5.74) is 11.1. The van der Waals surface area contributed by atoms with Crippen LogP contribution in [0.25, 0.3) is 78.4 Å². The standard InChI is InChI=1S/C46H29N5/c1-6-16-39-30(11-1)20-21-31-22-23-32(46-48-29-44-36-14-3-2-12-34(36)35-13-4-8-18-41(35)51(44)46)27-42(31)49(39)33-24-25-38-37-15-5-7-17-40(37)50(43(38)28-33)45-19-9-10-26-47-45/h1-29H. The lowest BCUT2D eigenvalue weighted by molar-refractivity contribution is 1.08. The first-order valence-electron chi connectivity index (χ1n) is 17.2. The molecule has 51 heavy (non-hydrogen) atoms. The molecule has 5 nitrogen and oxygen atoms in total. The van der Waals surface area contributed by atoms with Crippen molar-refractivity contribution < 1.29 is 0 Å². The largest absolute Gasteiger partial charge is 0.309 e. The lowest BCUT2D eigenvalue weighted by Crippen LogP contribution is -2.12. The second-order valence-corrected chi connectivity index (χ2v) is 13.1. The number of anilines is 3.